The molecule has 2 aromatic heterocycles. The number of aryl methyl sites for hydroxylation is 2. The molecular formula is C13H17N5O2. The van der Waals surface area contributed by atoms with Gasteiger partial charge >= 0.3 is 0 Å². The molecule has 0 saturated carbocycles. The molecular weight excluding hydrogens is 258 g/mol. The van der Waals surface area contributed by atoms with Crippen molar-refractivity contribution in [1.29, 1.82) is 0 Å². The Morgan fingerprint density at radius 1 is 1.50 bits per heavy atom. The smallest absolute Gasteiger partial charge is 0.235 e. The SMILES string of the molecule is CCc1nnc(CNC(=O)C2CCn3nccc3C2)o1. The molecule has 3 heterocycles. The van der Waals surface area contributed by atoms with Crippen molar-refractivity contribution in [2.75, 3.05) is 0 Å². The summed E-state index contributed by atoms with van der Waals surface area (Å²) in [5.41, 5.74) is 1.11. The third-order valence-electron chi connectivity index (χ3n) is 3.55. The van der Waals surface area contributed by atoms with Crippen LogP contribution in [0.2, 0.25) is 0 Å². The molecule has 1 amide bonds. The molecule has 106 valence electrons. The topological polar surface area (TPSA) is 85.8 Å². The van der Waals surface area contributed by atoms with Crippen molar-refractivity contribution in [3.63, 3.8) is 0 Å². The van der Waals surface area contributed by atoms with Crippen LogP contribution in [-0.2, 0) is 30.7 Å². The lowest BCUT2D eigenvalue weighted by atomic mass is 9.95. The van der Waals surface area contributed by atoms with Gasteiger partial charge in [0.15, 0.2) is 0 Å². The number of nitrogens with zero attached hydrogens (tertiary/aromatic N) is 4. The standard InChI is InChI=1S/C13H17N5O2/c1-2-11-16-17-12(20-11)8-14-13(19)9-4-6-18-10(7-9)3-5-15-18/h3,5,9H,2,4,6-8H2,1H3,(H,14,19). The second kappa shape index (κ2) is 5.44. The number of aromatic nitrogens is 4. The molecule has 0 aliphatic carbocycles. The van der Waals surface area contributed by atoms with E-state index >= 15 is 0 Å². The van der Waals surface area contributed by atoms with Crippen molar-refractivity contribution in [2.24, 2.45) is 5.92 Å². The Balaban J connectivity index is 1.55. The minimum absolute atomic E-state index is 0.00670. The van der Waals surface area contributed by atoms with E-state index in [4.69, 9.17) is 4.42 Å². The van der Waals surface area contributed by atoms with E-state index in [-0.39, 0.29) is 11.8 Å². The molecule has 0 radical (unpaired) electrons. The summed E-state index contributed by atoms with van der Waals surface area (Å²) in [5.74, 6) is 1.08. The zero-order valence-corrected chi connectivity index (χ0v) is 11.4. The molecule has 20 heavy (non-hydrogen) atoms. The largest absolute Gasteiger partial charge is 0.423 e. The van der Waals surface area contributed by atoms with Gasteiger partial charge in [-0.1, -0.05) is 6.92 Å². The van der Waals surface area contributed by atoms with Gasteiger partial charge in [0.25, 0.3) is 0 Å². The van der Waals surface area contributed by atoms with Gasteiger partial charge in [-0.15, -0.1) is 10.2 Å². The summed E-state index contributed by atoms with van der Waals surface area (Å²) >= 11 is 0. The summed E-state index contributed by atoms with van der Waals surface area (Å²) in [4.78, 5) is 12.1. The van der Waals surface area contributed by atoms with Gasteiger partial charge in [0.1, 0.15) is 0 Å². The lowest BCUT2D eigenvalue weighted by Crippen LogP contribution is -2.35. The number of amides is 1. The van der Waals surface area contributed by atoms with Crippen LogP contribution in [0.4, 0.5) is 0 Å². The highest BCUT2D eigenvalue weighted by Gasteiger charge is 2.25. The molecule has 7 heteroatoms. The quantitative estimate of drug-likeness (QED) is 0.888. The molecule has 0 saturated heterocycles. The van der Waals surface area contributed by atoms with Crippen molar-refractivity contribution in [1.82, 2.24) is 25.3 Å². The van der Waals surface area contributed by atoms with Gasteiger partial charge in [0, 0.05) is 37.2 Å². The Morgan fingerprint density at radius 2 is 2.35 bits per heavy atom. The zero-order chi connectivity index (χ0) is 13.9. The lowest BCUT2D eigenvalue weighted by molar-refractivity contribution is -0.125. The Bertz CT molecular complexity index is 603. The molecule has 0 bridgehead atoms. The predicted molar refractivity (Wildman–Crippen MR) is 69.6 cm³/mol. The van der Waals surface area contributed by atoms with E-state index in [1.807, 2.05) is 17.7 Å². The number of hydrogen-bond acceptors (Lipinski definition) is 5. The predicted octanol–water partition coefficient (Wildman–Crippen LogP) is 0.707. The summed E-state index contributed by atoms with van der Waals surface area (Å²) in [5, 5.41) is 14.8. The lowest BCUT2D eigenvalue weighted by Gasteiger charge is -2.22. The number of rotatable bonds is 4. The molecule has 1 N–H and O–H groups in total. The van der Waals surface area contributed by atoms with Crippen molar-refractivity contribution < 1.29 is 9.21 Å². The maximum Gasteiger partial charge on any atom is 0.235 e. The Kier molecular flexibility index (Phi) is 3.49. The summed E-state index contributed by atoms with van der Waals surface area (Å²) < 4.78 is 7.32. The van der Waals surface area contributed by atoms with E-state index in [0.29, 0.717) is 24.7 Å². The van der Waals surface area contributed by atoms with Gasteiger partial charge in [-0.25, -0.2) is 0 Å². The highest BCUT2D eigenvalue weighted by Crippen LogP contribution is 2.19. The van der Waals surface area contributed by atoms with Gasteiger partial charge in [0.05, 0.1) is 6.54 Å². The summed E-state index contributed by atoms with van der Waals surface area (Å²) in [6.07, 6.45) is 4.02. The normalized spacial score (nSPS) is 17.8. The van der Waals surface area contributed by atoms with Crippen LogP contribution in [0, 0.1) is 5.92 Å². The van der Waals surface area contributed by atoms with Crippen molar-refractivity contribution in [3.05, 3.63) is 29.7 Å². The summed E-state index contributed by atoms with van der Waals surface area (Å²) in [6, 6.07) is 1.96. The van der Waals surface area contributed by atoms with Gasteiger partial charge in [-0.2, -0.15) is 5.10 Å². The van der Waals surface area contributed by atoms with Crippen LogP contribution in [0.15, 0.2) is 16.7 Å². The molecule has 7 nitrogen and oxygen atoms in total. The molecule has 1 aliphatic heterocycles. The van der Waals surface area contributed by atoms with Crippen LogP contribution in [0.25, 0.3) is 0 Å². The maximum atomic E-state index is 12.1. The fourth-order valence-electron chi connectivity index (χ4n) is 2.40. The number of nitrogens with one attached hydrogen (secondary N) is 1. The second-order valence-electron chi connectivity index (χ2n) is 4.90. The van der Waals surface area contributed by atoms with Crippen LogP contribution in [-0.4, -0.2) is 25.9 Å². The molecule has 3 rings (SSSR count). The van der Waals surface area contributed by atoms with Gasteiger partial charge in [-0.05, 0) is 12.5 Å². The summed E-state index contributed by atoms with van der Waals surface area (Å²) in [7, 11) is 0. The number of fused-ring (bicyclic) bond motifs is 1. The molecule has 1 unspecified atom stereocenters. The van der Waals surface area contributed by atoms with E-state index in [0.717, 1.165) is 25.1 Å². The van der Waals surface area contributed by atoms with Crippen LogP contribution >= 0.6 is 0 Å². The van der Waals surface area contributed by atoms with Crippen LogP contribution in [0.3, 0.4) is 0 Å². The maximum absolute atomic E-state index is 12.1. The van der Waals surface area contributed by atoms with Crippen LogP contribution < -0.4 is 5.32 Å². The van der Waals surface area contributed by atoms with Crippen molar-refractivity contribution in [2.45, 2.75) is 39.3 Å². The number of carbonyl (C=O) groups is 1. The average molecular weight is 275 g/mol. The first-order valence-electron chi connectivity index (χ1n) is 6.86. The highest BCUT2D eigenvalue weighted by molar-refractivity contribution is 5.78. The minimum atomic E-state index is -0.00670. The van der Waals surface area contributed by atoms with E-state index in [1.165, 1.54) is 0 Å². The molecule has 0 spiro atoms. The van der Waals surface area contributed by atoms with E-state index in [1.54, 1.807) is 6.20 Å². The first-order chi connectivity index (χ1) is 9.76. The fourth-order valence-corrected chi connectivity index (χ4v) is 2.40. The molecule has 2 aromatic rings. The summed E-state index contributed by atoms with van der Waals surface area (Å²) in [6.45, 7) is 3.03. The Labute approximate surface area is 116 Å². The Hall–Kier alpha value is -2.18. The second-order valence-corrected chi connectivity index (χ2v) is 4.90. The molecule has 1 aliphatic rings. The van der Waals surface area contributed by atoms with Gasteiger partial charge in [-0.3, -0.25) is 9.48 Å². The van der Waals surface area contributed by atoms with Crippen molar-refractivity contribution in [3.8, 4) is 0 Å². The first kappa shape index (κ1) is 12.8. The average Bonchev–Trinajstić information content (AvgIpc) is 3.12. The number of carbonyl (C=O) groups excluding carboxylic acids is 1. The van der Waals surface area contributed by atoms with Crippen LogP contribution in [0.5, 0.6) is 0 Å². The zero-order valence-electron chi connectivity index (χ0n) is 11.4. The van der Waals surface area contributed by atoms with Crippen LogP contribution in [0.1, 0.15) is 30.8 Å². The minimum Gasteiger partial charge on any atom is -0.423 e. The number of hydrogen-bond donors (Lipinski definition) is 1. The fraction of sp³-hybridized carbons (Fsp3) is 0.538. The first-order valence-corrected chi connectivity index (χ1v) is 6.86. The van der Waals surface area contributed by atoms with E-state index in [2.05, 4.69) is 20.6 Å². The highest BCUT2D eigenvalue weighted by atomic mass is 16.4. The monoisotopic (exact) mass is 275 g/mol. The van der Waals surface area contributed by atoms with E-state index < -0.39 is 0 Å². The van der Waals surface area contributed by atoms with E-state index in [9.17, 15) is 4.79 Å². The third kappa shape index (κ3) is 2.56. The molecule has 0 fully saturated rings. The third-order valence-corrected chi connectivity index (χ3v) is 3.55. The van der Waals surface area contributed by atoms with Crippen molar-refractivity contribution >= 4 is 5.91 Å². The molecule has 1 atom stereocenters. The Morgan fingerprint density at radius 3 is 3.15 bits per heavy atom. The molecule has 0 aromatic carbocycles. The van der Waals surface area contributed by atoms with Gasteiger partial charge < -0.3 is 9.73 Å². The van der Waals surface area contributed by atoms with Gasteiger partial charge in [0.2, 0.25) is 17.7 Å².